The van der Waals surface area contributed by atoms with Crippen molar-refractivity contribution in [2.45, 2.75) is 38.6 Å². The molecule has 0 saturated heterocycles. The van der Waals surface area contributed by atoms with Gasteiger partial charge in [-0.2, -0.15) is 0 Å². The first kappa shape index (κ1) is 14.9. The van der Waals surface area contributed by atoms with Gasteiger partial charge in [-0.1, -0.05) is 42.9 Å². The molecule has 1 aromatic rings. The minimum absolute atomic E-state index is 0.221. The molecule has 0 heterocycles. The Hall–Kier alpha value is -0.193. The summed E-state index contributed by atoms with van der Waals surface area (Å²) in [5.74, 6) is -0.221. The van der Waals surface area contributed by atoms with Crippen molar-refractivity contribution >= 4 is 24.7 Å². The lowest BCUT2D eigenvalue weighted by molar-refractivity contribution is 0.100. The molecule has 0 unspecified atom stereocenters. The summed E-state index contributed by atoms with van der Waals surface area (Å²) in [5, 5.41) is 0.241. The van der Waals surface area contributed by atoms with E-state index >= 15 is 0 Å². The van der Waals surface area contributed by atoms with Gasteiger partial charge in [0.2, 0.25) is 0 Å². The maximum absolute atomic E-state index is 13.1. The topological polar surface area (TPSA) is 9.23 Å². The molecule has 1 nitrogen and oxygen atoms in total. The fourth-order valence-electron chi connectivity index (χ4n) is 1.21. The average Bonchev–Trinajstić information content (AvgIpc) is 2.22. The summed E-state index contributed by atoms with van der Waals surface area (Å²) in [4.78, 5) is 0. The largest absolute Gasteiger partial charge is 0.376 e. The smallest absolute Gasteiger partial charge is 0.123 e. The van der Waals surface area contributed by atoms with Crippen LogP contribution in [0.5, 0.6) is 0 Å². The molecule has 0 bridgehead atoms. The zero-order valence-electron chi connectivity index (χ0n) is 10.8. The summed E-state index contributed by atoms with van der Waals surface area (Å²) in [6, 6.07) is 4.67. The van der Waals surface area contributed by atoms with Crippen molar-refractivity contribution in [3.63, 3.8) is 0 Å². The molecule has 0 amide bonds. The van der Waals surface area contributed by atoms with Crippen LogP contribution in [0, 0.1) is 5.82 Å². The van der Waals surface area contributed by atoms with Gasteiger partial charge < -0.3 is 4.74 Å². The molecule has 0 N–H and O–H groups in total. The summed E-state index contributed by atoms with van der Waals surface area (Å²) in [7, 11) is -0.394. The van der Waals surface area contributed by atoms with E-state index in [4.69, 9.17) is 4.74 Å². The summed E-state index contributed by atoms with van der Waals surface area (Å²) in [6.45, 7) is 10.2. The number of hydrogen-bond acceptors (Lipinski definition) is 1. The molecular formula is C13H19BrFOSi. The molecule has 0 aliphatic carbocycles. The second kappa shape index (κ2) is 6.11. The molecule has 0 spiro atoms. The van der Waals surface area contributed by atoms with Gasteiger partial charge in [-0.05, 0) is 28.8 Å². The molecule has 0 aliphatic rings. The Balaban J connectivity index is 2.54. The van der Waals surface area contributed by atoms with Crippen LogP contribution in [0.2, 0.25) is 18.1 Å². The minimum atomic E-state index is -0.394. The number of halogens is 2. The molecular weight excluding hydrogens is 299 g/mol. The Labute approximate surface area is 113 Å². The van der Waals surface area contributed by atoms with Gasteiger partial charge >= 0.3 is 0 Å². The van der Waals surface area contributed by atoms with E-state index in [2.05, 4.69) is 42.9 Å². The maximum Gasteiger partial charge on any atom is 0.123 e. The van der Waals surface area contributed by atoms with Crippen LogP contribution in [0.25, 0.3) is 0 Å². The van der Waals surface area contributed by atoms with E-state index in [1.54, 1.807) is 6.07 Å². The van der Waals surface area contributed by atoms with E-state index in [1.165, 1.54) is 12.1 Å². The highest BCUT2D eigenvalue weighted by atomic mass is 79.9. The predicted octanol–water partition coefficient (Wildman–Crippen LogP) is 4.64. The Morgan fingerprint density at radius 1 is 1.35 bits per heavy atom. The van der Waals surface area contributed by atoms with Gasteiger partial charge in [-0.15, -0.1) is 0 Å². The van der Waals surface area contributed by atoms with Crippen LogP contribution < -0.4 is 0 Å². The Morgan fingerprint density at radius 3 is 2.59 bits per heavy atom. The van der Waals surface area contributed by atoms with Crippen LogP contribution in [0.1, 0.15) is 19.4 Å². The standard InChI is InChI=1S/C13H19BrFOSi/c1-13(2,17(3)4)9-16-8-10-7-11(15)5-6-12(10)14/h5-7H,8-9H2,1-4H3. The monoisotopic (exact) mass is 317 g/mol. The molecule has 0 aromatic heterocycles. The maximum atomic E-state index is 13.1. The normalized spacial score (nSPS) is 12.2. The molecule has 1 rings (SSSR count). The van der Waals surface area contributed by atoms with Gasteiger partial charge in [0.05, 0.1) is 15.4 Å². The summed E-state index contributed by atoms with van der Waals surface area (Å²) in [5.41, 5.74) is 0.863. The minimum Gasteiger partial charge on any atom is -0.376 e. The quantitative estimate of drug-likeness (QED) is 0.719. The van der Waals surface area contributed by atoms with E-state index in [0.29, 0.717) is 6.61 Å². The van der Waals surface area contributed by atoms with Crippen LogP contribution in [0.3, 0.4) is 0 Å². The molecule has 1 radical (unpaired) electrons. The van der Waals surface area contributed by atoms with Crippen molar-refractivity contribution < 1.29 is 9.13 Å². The molecule has 17 heavy (non-hydrogen) atoms. The van der Waals surface area contributed by atoms with E-state index in [-0.39, 0.29) is 10.9 Å². The first-order chi connectivity index (χ1) is 7.83. The molecule has 95 valence electrons. The van der Waals surface area contributed by atoms with Crippen LogP contribution in [-0.4, -0.2) is 15.4 Å². The Bertz CT molecular complexity index is 380. The van der Waals surface area contributed by atoms with Crippen molar-refractivity contribution in [2.24, 2.45) is 0 Å². The lowest BCUT2D eigenvalue weighted by Gasteiger charge is -2.27. The SMILES string of the molecule is C[Si](C)C(C)(C)COCc1cc(F)ccc1Br. The second-order valence-electron chi connectivity index (χ2n) is 5.11. The molecule has 0 aliphatic heterocycles. The van der Waals surface area contributed by atoms with Gasteiger partial charge in [-0.25, -0.2) is 4.39 Å². The predicted molar refractivity (Wildman–Crippen MR) is 75.3 cm³/mol. The lowest BCUT2D eigenvalue weighted by Crippen LogP contribution is -2.26. The number of rotatable bonds is 5. The van der Waals surface area contributed by atoms with E-state index < -0.39 is 8.80 Å². The van der Waals surface area contributed by atoms with Crippen LogP contribution >= 0.6 is 15.9 Å². The average molecular weight is 318 g/mol. The number of ether oxygens (including phenoxy) is 1. The van der Waals surface area contributed by atoms with Crippen molar-refractivity contribution in [1.82, 2.24) is 0 Å². The lowest BCUT2D eigenvalue weighted by atomic mass is 10.2. The molecule has 4 heteroatoms. The third-order valence-corrected chi connectivity index (χ3v) is 6.71. The molecule has 0 saturated carbocycles. The van der Waals surface area contributed by atoms with Crippen LogP contribution in [-0.2, 0) is 11.3 Å². The Morgan fingerprint density at radius 2 is 2.00 bits per heavy atom. The first-order valence-corrected chi connectivity index (χ1v) is 8.94. The van der Waals surface area contributed by atoms with Gasteiger partial charge in [0.15, 0.2) is 0 Å². The van der Waals surface area contributed by atoms with Gasteiger partial charge in [0.25, 0.3) is 0 Å². The molecule has 0 atom stereocenters. The third kappa shape index (κ3) is 4.52. The highest BCUT2D eigenvalue weighted by Gasteiger charge is 2.23. The molecule has 0 fully saturated rings. The van der Waals surface area contributed by atoms with Crippen molar-refractivity contribution in [1.29, 1.82) is 0 Å². The van der Waals surface area contributed by atoms with E-state index in [1.807, 2.05) is 0 Å². The zero-order valence-corrected chi connectivity index (χ0v) is 13.4. The van der Waals surface area contributed by atoms with Gasteiger partial charge in [0.1, 0.15) is 5.82 Å². The fraction of sp³-hybridized carbons (Fsp3) is 0.538. The summed E-state index contributed by atoms with van der Waals surface area (Å²) >= 11 is 3.40. The Kier molecular flexibility index (Phi) is 5.35. The van der Waals surface area contributed by atoms with E-state index in [0.717, 1.165) is 16.6 Å². The number of hydrogen-bond donors (Lipinski definition) is 0. The number of benzene rings is 1. The van der Waals surface area contributed by atoms with Gasteiger partial charge in [0, 0.05) is 11.1 Å². The van der Waals surface area contributed by atoms with Crippen molar-refractivity contribution in [2.75, 3.05) is 6.61 Å². The fourth-order valence-corrected chi connectivity index (χ4v) is 1.97. The third-order valence-electron chi connectivity index (χ3n) is 3.08. The first-order valence-electron chi connectivity index (χ1n) is 5.65. The zero-order chi connectivity index (χ0) is 13.1. The van der Waals surface area contributed by atoms with Gasteiger partial charge in [-0.3, -0.25) is 0 Å². The van der Waals surface area contributed by atoms with Crippen molar-refractivity contribution in [3.05, 3.63) is 34.1 Å². The molecule has 1 aromatic carbocycles. The second-order valence-corrected chi connectivity index (χ2v) is 9.32. The van der Waals surface area contributed by atoms with E-state index in [9.17, 15) is 4.39 Å². The summed E-state index contributed by atoms with van der Waals surface area (Å²) in [6.07, 6.45) is 0. The highest BCUT2D eigenvalue weighted by molar-refractivity contribution is 9.10. The van der Waals surface area contributed by atoms with Crippen LogP contribution in [0.4, 0.5) is 4.39 Å². The highest BCUT2D eigenvalue weighted by Crippen LogP contribution is 2.29. The van der Waals surface area contributed by atoms with Crippen LogP contribution in [0.15, 0.2) is 22.7 Å². The van der Waals surface area contributed by atoms with Crippen molar-refractivity contribution in [3.8, 4) is 0 Å². The summed E-state index contributed by atoms with van der Waals surface area (Å²) < 4.78 is 19.7.